The fourth-order valence-electron chi connectivity index (χ4n) is 4.18. The van der Waals surface area contributed by atoms with Gasteiger partial charge >= 0.3 is 6.03 Å². The van der Waals surface area contributed by atoms with Gasteiger partial charge in [0, 0.05) is 17.5 Å². The molecule has 0 spiro atoms. The van der Waals surface area contributed by atoms with Crippen LogP contribution in [0, 0.1) is 5.82 Å². The first-order chi connectivity index (χ1) is 16.8. The summed E-state index contributed by atoms with van der Waals surface area (Å²) in [5.41, 5.74) is 1.38. The molecule has 2 amide bonds. The summed E-state index contributed by atoms with van der Waals surface area (Å²) in [6, 6.07) is 11.3. The maximum atomic E-state index is 16.2. The third-order valence-electron chi connectivity index (χ3n) is 5.81. The lowest BCUT2D eigenvalue weighted by molar-refractivity contribution is 0.178. The minimum absolute atomic E-state index is 0.0178. The Morgan fingerprint density at radius 1 is 1.11 bits per heavy atom. The molecule has 190 valence electrons. The molecule has 1 atom stereocenters. The molecule has 0 aromatic heterocycles. The van der Waals surface area contributed by atoms with Gasteiger partial charge < -0.3 is 15.2 Å². The van der Waals surface area contributed by atoms with E-state index in [0.717, 1.165) is 21.9 Å². The van der Waals surface area contributed by atoms with Crippen LogP contribution in [-0.2, 0) is 15.4 Å². The molecular weight excluding hydrogens is 485 g/mol. The number of nitrogens with one attached hydrogen (secondary N) is 2. The van der Waals surface area contributed by atoms with Crippen LogP contribution in [0.2, 0.25) is 0 Å². The maximum Gasteiger partial charge on any atom is 0.328 e. The van der Waals surface area contributed by atoms with Crippen molar-refractivity contribution in [1.82, 2.24) is 5.32 Å². The second-order valence-electron chi connectivity index (χ2n) is 9.67. The molecule has 0 radical (unpaired) electrons. The topological polar surface area (TPSA) is 108 Å². The van der Waals surface area contributed by atoms with Crippen LogP contribution in [0.5, 0.6) is 5.75 Å². The van der Waals surface area contributed by atoms with E-state index in [1.54, 1.807) is 42.5 Å². The molecule has 1 aliphatic rings. The van der Waals surface area contributed by atoms with Crippen molar-refractivity contribution in [3.63, 3.8) is 0 Å². The minimum Gasteiger partial charge on any atom is -0.496 e. The van der Waals surface area contributed by atoms with Crippen molar-refractivity contribution < 1.29 is 27.4 Å². The lowest BCUT2D eigenvalue weighted by Gasteiger charge is -2.30. The molecule has 0 saturated carbocycles. The summed E-state index contributed by atoms with van der Waals surface area (Å²) in [7, 11) is -1.96. The zero-order valence-electron chi connectivity index (χ0n) is 20.6. The number of amides is 2. The zero-order chi connectivity index (χ0) is 26.4. The molecule has 3 aromatic rings. The fourth-order valence-corrected chi connectivity index (χ4v) is 4.73. The standard InChI is InChI=1S/C26H28FN3O5S/c1-26(2,3)19-14-20(30-11-10-21(31)28-25(30)32)23(27)22(24(19)35-4)17-7-6-16-13-18(29-36(5,33)34)9-8-15(16)12-17/h6-14,21,29,31H,1-5H3,(H,28,32). The highest BCUT2D eigenvalue weighted by molar-refractivity contribution is 7.92. The number of urea groups is 1. The Morgan fingerprint density at radius 2 is 1.78 bits per heavy atom. The van der Waals surface area contributed by atoms with Gasteiger partial charge in [-0.3, -0.25) is 9.62 Å². The van der Waals surface area contributed by atoms with Crippen LogP contribution < -0.4 is 19.7 Å². The van der Waals surface area contributed by atoms with E-state index < -0.39 is 33.5 Å². The normalized spacial score (nSPS) is 16.2. The first-order valence-electron chi connectivity index (χ1n) is 11.2. The Hall–Kier alpha value is -3.63. The molecule has 10 heteroatoms. The van der Waals surface area contributed by atoms with Gasteiger partial charge in [-0.25, -0.2) is 17.6 Å². The Morgan fingerprint density at radius 3 is 2.39 bits per heavy atom. The molecule has 4 rings (SSSR count). The number of methoxy groups -OCH3 is 1. The number of carbonyl (C=O) groups is 1. The summed E-state index contributed by atoms with van der Waals surface area (Å²) in [6.07, 6.45) is 2.61. The van der Waals surface area contributed by atoms with Crippen molar-refractivity contribution in [1.29, 1.82) is 0 Å². The van der Waals surface area contributed by atoms with Crippen molar-refractivity contribution in [2.75, 3.05) is 23.0 Å². The predicted octanol–water partition coefficient (Wildman–Crippen LogP) is 4.69. The van der Waals surface area contributed by atoms with Crippen LogP contribution in [0.3, 0.4) is 0 Å². The molecule has 1 aliphatic heterocycles. The summed E-state index contributed by atoms with van der Waals surface area (Å²) in [5.74, 6) is -0.314. The van der Waals surface area contributed by atoms with Gasteiger partial charge in [-0.1, -0.05) is 39.0 Å². The third kappa shape index (κ3) is 5.00. The van der Waals surface area contributed by atoms with Gasteiger partial charge in [-0.05, 0) is 52.1 Å². The third-order valence-corrected chi connectivity index (χ3v) is 6.42. The van der Waals surface area contributed by atoms with Gasteiger partial charge in [0.15, 0.2) is 5.82 Å². The number of benzene rings is 3. The summed E-state index contributed by atoms with van der Waals surface area (Å²) < 4.78 is 47.5. The van der Waals surface area contributed by atoms with E-state index >= 15 is 4.39 Å². The van der Waals surface area contributed by atoms with Crippen molar-refractivity contribution in [3.05, 3.63) is 66.1 Å². The van der Waals surface area contributed by atoms with Crippen molar-refractivity contribution in [3.8, 4) is 16.9 Å². The van der Waals surface area contributed by atoms with E-state index in [2.05, 4.69) is 10.0 Å². The first-order valence-corrected chi connectivity index (χ1v) is 13.1. The van der Waals surface area contributed by atoms with E-state index in [-0.39, 0.29) is 11.3 Å². The van der Waals surface area contributed by atoms with Gasteiger partial charge in [0.25, 0.3) is 0 Å². The largest absolute Gasteiger partial charge is 0.496 e. The highest BCUT2D eigenvalue weighted by Crippen LogP contribution is 2.45. The smallest absolute Gasteiger partial charge is 0.328 e. The maximum absolute atomic E-state index is 16.2. The fraction of sp³-hybridized carbons (Fsp3) is 0.269. The van der Waals surface area contributed by atoms with Crippen molar-refractivity contribution in [2.24, 2.45) is 0 Å². The average molecular weight is 514 g/mol. The van der Waals surface area contributed by atoms with Crippen LogP contribution >= 0.6 is 0 Å². The van der Waals surface area contributed by atoms with Crippen molar-refractivity contribution >= 4 is 38.2 Å². The van der Waals surface area contributed by atoms with Gasteiger partial charge in [0.2, 0.25) is 10.0 Å². The zero-order valence-corrected chi connectivity index (χ0v) is 21.4. The van der Waals surface area contributed by atoms with Gasteiger partial charge in [-0.15, -0.1) is 0 Å². The van der Waals surface area contributed by atoms with E-state index in [4.69, 9.17) is 4.74 Å². The number of aliphatic hydroxyl groups excluding tert-OH is 1. The number of halogens is 1. The monoisotopic (exact) mass is 513 g/mol. The molecule has 1 heterocycles. The Bertz CT molecular complexity index is 1500. The molecule has 8 nitrogen and oxygen atoms in total. The number of aliphatic hydroxyl groups is 1. The molecule has 1 unspecified atom stereocenters. The number of rotatable bonds is 5. The molecule has 0 fully saturated rings. The Labute approximate surface area is 209 Å². The second-order valence-corrected chi connectivity index (χ2v) is 11.4. The average Bonchev–Trinajstić information content (AvgIpc) is 2.77. The quantitative estimate of drug-likeness (QED) is 0.459. The Kier molecular flexibility index (Phi) is 6.44. The van der Waals surface area contributed by atoms with Gasteiger partial charge in [0.05, 0.1) is 24.6 Å². The van der Waals surface area contributed by atoms with Crippen molar-refractivity contribution in [2.45, 2.75) is 32.4 Å². The van der Waals surface area contributed by atoms with Crippen LogP contribution in [0.4, 0.5) is 20.6 Å². The lowest BCUT2D eigenvalue weighted by Crippen LogP contribution is -2.46. The van der Waals surface area contributed by atoms with E-state index in [1.165, 1.54) is 19.4 Å². The molecule has 0 saturated heterocycles. The summed E-state index contributed by atoms with van der Waals surface area (Å²) in [4.78, 5) is 13.7. The molecular formula is C26H28FN3O5S. The van der Waals surface area contributed by atoms with Crippen LogP contribution in [0.25, 0.3) is 21.9 Å². The van der Waals surface area contributed by atoms with E-state index in [1.807, 2.05) is 20.8 Å². The summed E-state index contributed by atoms with van der Waals surface area (Å²) in [6.45, 7) is 5.88. The van der Waals surface area contributed by atoms with Gasteiger partial charge in [-0.2, -0.15) is 0 Å². The number of fused-ring (bicyclic) bond motifs is 1. The molecule has 0 aliphatic carbocycles. The number of hydrogen-bond acceptors (Lipinski definition) is 5. The molecule has 36 heavy (non-hydrogen) atoms. The first kappa shape index (κ1) is 25.5. The highest BCUT2D eigenvalue weighted by atomic mass is 32.2. The van der Waals surface area contributed by atoms with Gasteiger partial charge in [0.1, 0.15) is 12.0 Å². The molecule has 0 bridgehead atoms. The number of anilines is 2. The Balaban J connectivity index is 1.94. The van der Waals surface area contributed by atoms with E-state index in [0.29, 0.717) is 22.6 Å². The minimum atomic E-state index is -3.43. The van der Waals surface area contributed by atoms with Crippen LogP contribution in [-0.4, -0.2) is 39.1 Å². The second kappa shape index (κ2) is 9.11. The lowest BCUT2D eigenvalue weighted by atomic mass is 9.83. The van der Waals surface area contributed by atoms with Crippen LogP contribution in [0.1, 0.15) is 26.3 Å². The number of carbonyl (C=O) groups excluding carboxylic acids is 1. The number of sulfonamides is 1. The highest BCUT2D eigenvalue weighted by Gasteiger charge is 2.31. The number of hydrogen-bond donors (Lipinski definition) is 3. The number of ether oxygens (including phenoxy) is 1. The SMILES string of the molecule is COc1c(C(C)(C)C)cc(N2C=CC(O)NC2=O)c(F)c1-c1ccc2cc(NS(C)(=O)=O)ccc2c1. The van der Waals surface area contributed by atoms with Crippen LogP contribution in [0.15, 0.2) is 54.7 Å². The predicted molar refractivity (Wildman–Crippen MR) is 139 cm³/mol. The van der Waals surface area contributed by atoms with E-state index in [9.17, 15) is 18.3 Å². The summed E-state index contributed by atoms with van der Waals surface area (Å²) >= 11 is 0. The number of nitrogens with zero attached hydrogens (tertiary/aromatic N) is 1. The molecule has 3 N–H and O–H groups in total. The molecule has 3 aromatic carbocycles. The summed E-state index contributed by atoms with van der Waals surface area (Å²) in [5, 5.41) is 13.6.